The smallest absolute Gasteiger partial charge is 0.256 e. The van der Waals surface area contributed by atoms with Gasteiger partial charge in [0.15, 0.2) is 0 Å². The SMILES string of the molecule is O=C(NCC1CCCO1)c1cc2cc(Cl)ccc2oc1=Nc1cc(F)ccc1F. The number of amides is 1. The second-order valence-electron chi connectivity index (χ2n) is 6.70. The molecule has 0 saturated carbocycles. The van der Waals surface area contributed by atoms with Crippen molar-refractivity contribution in [3.05, 3.63) is 70.2 Å². The lowest BCUT2D eigenvalue weighted by atomic mass is 10.1. The largest absolute Gasteiger partial charge is 0.438 e. The van der Waals surface area contributed by atoms with E-state index in [4.69, 9.17) is 20.8 Å². The number of carbonyl (C=O) groups excluding carboxylic acids is 1. The first-order valence-electron chi connectivity index (χ1n) is 9.12. The van der Waals surface area contributed by atoms with Gasteiger partial charge in [-0.05, 0) is 49.2 Å². The third kappa shape index (κ3) is 4.46. The van der Waals surface area contributed by atoms with E-state index in [0.717, 1.165) is 31.0 Å². The third-order valence-electron chi connectivity index (χ3n) is 4.60. The molecule has 2 aromatic carbocycles. The maximum Gasteiger partial charge on any atom is 0.256 e. The number of halogens is 3. The summed E-state index contributed by atoms with van der Waals surface area (Å²) in [5, 5.41) is 3.84. The molecule has 1 atom stereocenters. The van der Waals surface area contributed by atoms with Gasteiger partial charge in [0, 0.05) is 29.6 Å². The van der Waals surface area contributed by atoms with E-state index >= 15 is 0 Å². The highest BCUT2D eigenvalue weighted by atomic mass is 35.5. The second kappa shape index (κ2) is 8.31. The van der Waals surface area contributed by atoms with Gasteiger partial charge in [-0.2, -0.15) is 0 Å². The van der Waals surface area contributed by atoms with Crippen molar-refractivity contribution in [3.63, 3.8) is 0 Å². The van der Waals surface area contributed by atoms with Crippen LogP contribution in [0.3, 0.4) is 0 Å². The van der Waals surface area contributed by atoms with Crippen molar-refractivity contribution in [1.29, 1.82) is 0 Å². The highest BCUT2D eigenvalue weighted by Gasteiger charge is 2.19. The average Bonchev–Trinajstić information content (AvgIpc) is 3.22. The van der Waals surface area contributed by atoms with Crippen molar-refractivity contribution in [1.82, 2.24) is 5.32 Å². The summed E-state index contributed by atoms with van der Waals surface area (Å²) in [6.07, 6.45) is 1.76. The Balaban J connectivity index is 1.79. The van der Waals surface area contributed by atoms with Crippen LogP contribution in [-0.4, -0.2) is 25.2 Å². The Labute approximate surface area is 170 Å². The van der Waals surface area contributed by atoms with Gasteiger partial charge in [0.1, 0.15) is 28.5 Å². The Morgan fingerprint density at radius 2 is 2.07 bits per heavy atom. The van der Waals surface area contributed by atoms with Crippen molar-refractivity contribution in [2.75, 3.05) is 13.2 Å². The van der Waals surface area contributed by atoms with Gasteiger partial charge in [-0.25, -0.2) is 13.8 Å². The average molecular weight is 419 g/mol. The zero-order valence-electron chi connectivity index (χ0n) is 15.3. The number of hydrogen-bond donors (Lipinski definition) is 1. The minimum atomic E-state index is -0.733. The normalized spacial score (nSPS) is 17.1. The van der Waals surface area contributed by atoms with E-state index in [0.29, 0.717) is 29.1 Å². The lowest BCUT2D eigenvalue weighted by Crippen LogP contribution is -2.34. The van der Waals surface area contributed by atoms with Crippen LogP contribution in [-0.2, 0) is 4.74 Å². The molecule has 1 fully saturated rings. The highest BCUT2D eigenvalue weighted by molar-refractivity contribution is 6.31. The van der Waals surface area contributed by atoms with Gasteiger partial charge in [0.05, 0.1) is 6.10 Å². The molecule has 0 spiro atoms. The lowest BCUT2D eigenvalue weighted by Gasteiger charge is -2.11. The summed E-state index contributed by atoms with van der Waals surface area (Å²) in [5.74, 6) is -1.84. The van der Waals surface area contributed by atoms with Gasteiger partial charge < -0.3 is 14.5 Å². The number of nitrogens with one attached hydrogen (secondary N) is 1. The van der Waals surface area contributed by atoms with Crippen molar-refractivity contribution >= 4 is 34.2 Å². The fourth-order valence-electron chi connectivity index (χ4n) is 3.14. The minimum Gasteiger partial charge on any atom is -0.438 e. The summed E-state index contributed by atoms with van der Waals surface area (Å²) in [7, 11) is 0. The van der Waals surface area contributed by atoms with E-state index in [1.807, 2.05) is 0 Å². The predicted molar refractivity (Wildman–Crippen MR) is 104 cm³/mol. The molecule has 150 valence electrons. The van der Waals surface area contributed by atoms with E-state index in [9.17, 15) is 13.6 Å². The van der Waals surface area contributed by atoms with Gasteiger partial charge in [0.25, 0.3) is 5.91 Å². The summed E-state index contributed by atoms with van der Waals surface area (Å²) in [6.45, 7) is 1.00. The molecular formula is C21H17ClF2N2O3. The molecule has 1 aliphatic heterocycles. The molecule has 0 aliphatic carbocycles. The number of nitrogens with zero attached hydrogens (tertiary/aromatic N) is 1. The first-order chi connectivity index (χ1) is 14.0. The molecular weight excluding hydrogens is 402 g/mol. The molecule has 0 radical (unpaired) electrons. The number of carbonyl (C=O) groups is 1. The topological polar surface area (TPSA) is 63.8 Å². The number of fused-ring (bicyclic) bond motifs is 1. The van der Waals surface area contributed by atoms with Gasteiger partial charge in [-0.15, -0.1) is 0 Å². The summed E-state index contributed by atoms with van der Waals surface area (Å²) in [4.78, 5) is 16.9. The number of rotatable bonds is 4. The molecule has 1 unspecified atom stereocenters. The number of ether oxygens (including phenoxy) is 1. The van der Waals surface area contributed by atoms with Crippen molar-refractivity contribution in [3.8, 4) is 0 Å². The molecule has 4 rings (SSSR count). The van der Waals surface area contributed by atoms with Crippen molar-refractivity contribution < 1.29 is 22.7 Å². The molecule has 1 N–H and O–H groups in total. The first-order valence-corrected chi connectivity index (χ1v) is 9.50. The van der Waals surface area contributed by atoms with E-state index < -0.39 is 17.5 Å². The zero-order valence-corrected chi connectivity index (χ0v) is 16.0. The molecule has 8 heteroatoms. The summed E-state index contributed by atoms with van der Waals surface area (Å²) in [5.41, 5.74) is 0.0893. The molecule has 1 amide bonds. The third-order valence-corrected chi connectivity index (χ3v) is 4.83. The van der Waals surface area contributed by atoms with Crippen LogP contribution in [0.1, 0.15) is 23.2 Å². The molecule has 5 nitrogen and oxygen atoms in total. The molecule has 0 bridgehead atoms. The molecule has 1 aromatic heterocycles. The Morgan fingerprint density at radius 1 is 1.21 bits per heavy atom. The van der Waals surface area contributed by atoms with Crippen LogP contribution < -0.4 is 10.9 Å². The standard InChI is InChI=1S/C21H17ClF2N2O3/c22-13-3-6-19-12(8-13)9-16(20(27)25-11-15-2-1-7-28-15)21(29-19)26-18-10-14(23)4-5-17(18)24/h3-6,8-10,15H,1-2,7,11H2,(H,25,27). The van der Waals surface area contributed by atoms with Gasteiger partial charge in [-0.3, -0.25) is 4.79 Å². The van der Waals surface area contributed by atoms with Crippen molar-refractivity contribution in [2.24, 2.45) is 4.99 Å². The summed E-state index contributed by atoms with van der Waals surface area (Å²) >= 11 is 6.03. The fraction of sp³-hybridized carbons (Fsp3) is 0.238. The highest BCUT2D eigenvalue weighted by Crippen LogP contribution is 2.21. The molecule has 1 saturated heterocycles. The van der Waals surface area contributed by atoms with Crippen LogP contribution in [0.5, 0.6) is 0 Å². The fourth-order valence-corrected chi connectivity index (χ4v) is 3.32. The van der Waals surface area contributed by atoms with Gasteiger partial charge >= 0.3 is 0 Å². The quantitative estimate of drug-likeness (QED) is 0.678. The van der Waals surface area contributed by atoms with E-state index in [1.54, 1.807) is 24.3 Å². The Bertz CT molecular complexity index is 1140. The van der Waals surface area contributed by atoms with Crippen LogP contribution in [0.25, 0.3) is 11.0 Å². The van der Waals surface area contributed by atoms with Crippen molar-refractivity contribution in [2.45, 2.75) is 18.9 Å². The Hall–Kier alpha value is -2.77. The maximum absolute atomic E-state index is 14.1. The molecule has 2 heterocycles. The van der Waals surface area contributed by atoms with Crippen LogP contribution >= 0.6 is 11.6 Å². The van der Waals surface area contributed by atoms with Crippen LogP contribution in [0.2, 0.25) is 5.02 Å². The number of benzene rings is 2. The number of hydrogen-bond acceptors (Lipinski definition) is 4. The molecule has 29 heavy (non-hydrogen) atoms. The Morgan fingerprint density at radius 3 is 2.86 bits per heavy atom. The summed E-state index contributed by atoms with van der Waals surface area (Å²) in [6, 6.07) is 9.33. The zero-order chi connectivity index (χ0) is 20.4. The van der Waals surface area contributed by atoms with E-state index in [2.05, 4.69) is 10.3 Å². The van der Waals surface area contributed by atoms with Gasteiger partial charge in [-0.1, -0.05) is 11.6 Å². The van der Waals surface area contributed by atoms with E-state index in [1.165, 1.54) is 0 Å². The monoisotopic (exact) mass is 418 g/mol. The van der Waals surface area contributed by atoms with Gasteiger partial charge in [0.2, 0.25) is 5.55 Å². The molecule has 1 aliphatic rings. The second-order valence-corrected chi connectivity index (χ2v) is 7.14. The summed E-state index contributed by atoms with van der Waals surface area (Å²) < 4.78 is 38.8. The predicted octanol–water partition coefficient (Wildman–Crippen LogP) is 4.51. The molecule has 3 aromatic rings. The van der Waals surface area contributed by atoms with Crippen LogP contribution in [0, 0.1) is 11.6 Å². The van der Waals surface area contributed by atoms with Crippen LogP contribution in [0.15, 0.2) is 51.9 Å². The minimum absolute atomic E-state index is 0.0492. The van der Waals surface area contributed by atoms with E-state index in [-0.39, 0.29) is 22.9 Å². The maximum atomic E-state index is 14.1. The van der Waals surface area contributed by atoms with Crippen LogP contribution in [0.4, 0.5) is 14.5 Å². The Kier molecular flexibility index (Phi) is 5.60. The first kappa shape index (κ1) is 19.5. The lowest BCUT2D eigenvalue weighted by molar-refractivity contribution is 0.0854.